The van der Waals surface area contributed by atoms with Gasteiger partial charge in [-0.15, -0.1) is 0 Å². The molecule has 0 heterocycles. The van der Waals surface area contributed by atoms with E-state index >= 15 is 0 Å². The summed E-state index contributed by atoms with van der Waals surface area (Å²) in [7, 11) is -4.06. The molecule has 0 aromatic heterocycles. The zero-order chi connectivity index (χ0) is 21.8. The molecule has 0 aliphatic heterocycles. The number of carbonyl (C=O) groups excluding carboxylic acids is 1. The Morgan fingerprint density at radius 3 is 2.41 bits per heavy atom. The van der Waals surface area contributed by atoms with E-state index in [2.05, 4.69) is 10.0 Å². The lowest BCUT2D eigenvalue weighted by atomic mass is 10.1. The van der Waals surface area contributed by atoms with Gasteiger partial charge in [-0.3, -0.25) is 25.0 Å². The van der Waals surface area contributed by atoms with E-state index in [-0.39, 0.29) is 29.1 Å². The van der Waals surface area contributed by atoms with E-state index in [9.17, 15) is 37.8 Å². The van der Waals surface area contributed by atoms with Crippen LogP contribution < -0.4 is 10.0 Å². The summed E-state index contributed by atoms with van der Waals surface area (Å²) in [5, 5.41) is 23.9. The minimum atomic E-state index is -4.06. The Kier molecular flexibility index (Phi) is 6.56. The van der Waals surface area contributed by atoms with Crippen molar-refractivity contribution < 1.29 is 27.4 Å². The van der Waals surface area contributed by atoms with Gasteiger partial charge in [0.25, 0.3) is 17.3 Å². The largest absolute Gasteiger partial charge is 0.351 e. The van der Waals surface area contributed by atoms with Crippen molar-refractivity contribution in [3.63, 3.8) is 0 Å². The van der Waals surface area contributed by atoms with Crippen LogP contribution in [0.15, 0.2) is 41.3 Å². The average molecular weight is 426 g/mol. The highest BCUT2D eigenvalue weighted by molar-refractivity contribution is 7.89. The Bertz CT molecular complexity index is 1090. The van der Waals surface area contributed by atoms with E-state index in [1.807, 2.05) is 0 Å². The summed E-state index contributed by atoms with van der Waals surface area (Å²) in [6.45, 7) is 0.724. The van der Waals surface area contributed by atoms with E-state index < -0.39 is 43.0 Å². The molecule has 2 aromatic carbocycles. The van der Waals surface area contributed by atoms with Gasteiger partial charge in [-0.25, -0.2) is 17.5 Å². The molecule has 0 atom stereocenters. The van der Waals surface area contributed by atoms with Gasteiger partial charge in [-0.05, 0) is 19.1 Å². The molecule has 2 rings (SSSR count). The molecule has 154 valence electrons. The van der Waals surface area contributed by atoms with Gasteiger partial charge in [0.2, 0.25) is 10.0 Å². The Morgan fingerprint density at radius 1 is 1.10 bits per heavy atom. The number of nitro benzene ring substituents is 2. The zero-order valence-electron chi connectivity index (χ0n) is 14.9. The van der Waals surface area contributed by atoms with Crippen molar-refractivity contribution in [3.05, 3.63) is 73.6 Å². The van der Waals surface area contributed by atoms with E-state index in [0.717, 1.165) is 24.3 Å². The number of rotatable bonds is 8. The molecule has 29 heavy (non-hydrogen) atoms. The predicted molar refractivity (Wildman–Crippen MR) is 98.4 cm³/mol. The molecular formula is C16H15FN4O7S. The number of hydrogen-bond donors (Lipinski definition) is 2. The van der Waals surface area contributed by atoms with Crippen molar-refractivity contribution in [1.82, 2.24) is 10.0 Å². The molecule has 2 aromatic rings. The van der Waals surface area contributed by atoms with Crippen LogP contribution in [0.25, 0.3) is 0 Å². The molecule has 0 aliphatic carbocycles. The third-order valence-electron chi connectivity index (χ3n) is 3.82. The smallest absolute Gasteiger partial charge is 0.276 e. The number of sulfonamides is 1. The van der Waals surface area contributed by atoms with Crippen LogP contribution in [0.4, 0.5) is 15.8 Å². The zero-order valence-corrected chi connectivity index (χ0v) is 15.7. The number of nitrogens with zero attached hydrogens (tertiary/aromatic N) is 2. The summed E-state index contributed by atoms with van der Waals surface area (Å²) in [5.41, 5.74) is -1.46. The second-order valence-corrected chi connectivity index (χ2v) is 7.53. The first-order valence-electron chi connectivity index (χ1n) is 8.00. The molecule has 0 spiro atoms. The maximum absolute atomic E-state index is 13.8. The van der Waals surface area contributed by atoms with Crippen molar-refractivity contribution in [2.45, 2.75) is 11.8 Å². The van der Waals surface area contributed by atoms with Crippen LogP contribution in [0, 0.1) is 33.0 Å². The molecule has 0 saturated carbocycles. The van der Waals surface area contributed by atoms with Crippen LogP contribution in [-0.4, -0.2) is 37.3 Å². The van der Waals surface area contributed by atoms with E-state index in [1.54, 1.807) is 0 Å². The lowest BCUT2D eigenvalue weighted by Crippen LogP contribution is -2.34. The van der Waals surface area contributed by atoms with Gasteiger partial charge in [0.05, 0.1) is 20.3 Å². The van der Waals surface area contributed by atoms with Crippen LogP contribution in [0.3, 0.4) is 0 Å². The molecule has 0 unspecified atom stereocenters. The van der Waals surface area contributed by atoms with Crippen molar-refractivity contribution in [3.8, 4) is 0 Å². The van der Waals surface area contributed by atoms with Gasteiger partial charge in [0, 0.05) is 36.9 Å². The van der Waals surface area contributed by atoms with Gasteiger partial charge in [-0.2, -0.15) is 0 Å². The van der Waals surface area contributed by atoms with Crippen LogP contribution in [0.2, 0.25) is 0 Å². The van der Waals surface area contributed by atoms with Gasteiger partial charge in [-0.1, -0.05) is 6.07 Å². The monoisotopic (exact) mass is 426 g/mol. The first-order chi connectivity index (χ1) is 13.5. The standard InChI is InChI=1S/C16H15FN4O7S/c1-10-14(17)7-11(8-15(10)21(25)26)16(22)18-5-6-19-29(27,28)13-4-2-3-12(9-13)20(23)24/h2-4,7-9,19H,5-6H2,1H3,(H,18,22). The molecule has 0 radical (unpaired) electrons. The maximum atomic E-state index is 13.8. The lowest BCUT2D eigenvalue weighted by molar-refractivity contribution is -0.385. The van der Waals surface area contributed by atoms with Gasteiger partial charge >= 0.3 is 0 Å². The topological polar surface area (TPSA) is 162 Å². The van der Waals surface area contributed by atoms with Crippen LogP contribution in [-0.2, 0) is 10.0 Å². The summed E-state index contributed by atoms with van der Waals surface area (Å²) in [6.07, 6.45) is 0. The SMILES string of the molecule is Cc1c(F)cc(C(=O)NCCNS(=O)(=O)c2cccc([N+](=O)[O-])c2)cc1[N+](=O)[O-]. The quantitative estimate of drug-likeness (QED) is 0.368. The highest BCUT2D eigenvalue weighted by Crippen LogP contribution is 2.22. The minimum Gasteiger partial charge on any atom is -0.351 e. The number of carbonyl (C=O) groups is 1. The van der Waals surface area contributed by atoms with Gasteiger partial charge < -0.3 is 5.32 Å². The number of halogens is 1. The highest BCUT2D eigenvalue weighted by atomic mass is 32.2. The first kappa shape index (κ1) is 21.8. The number of non-ortho nitro benzene ring substituents is 1. The molecule has 0 bridgehead atoms. The fourth-order valence-electron chi connectivity index (χ4n) is 2.30. The Morgan fingerprint density at radius 2 is 1.79 bits per heavy atom. The Labute approximate surface area is 163 Å². The maximum Gasteiger partial charge on any atom is 0.276 e. The molecule has 0 fully saturated rings. The van der Waals surface area contributed by atoms with Crippen LogP contribution >= 0.6 is 0 Å². The number of benzene rings is 2. The van der Waals surface area contributed by atoms with Crippen LogP contribution in [0.1, 0.15) is 15.9 Å². The highest BCUT2D eigenvalue weighted by Gasteiger charge is 2.20. The Hall–Kier alpha value is -3.45. The number of nitro groups is 2. The summed E-state index contributed by atoms with van der Waals surface area (Å²) < 4.78 is 40.2. The van der Waals surface area contributed by atoms with Crippen molar-refractivity contribution in [2.75, 3.05) is 13.1 Å². The second-order valence-electron chi connectivity index (χ2n) is 5.77. The fourth-order valence-corrected chi connectivity index (χ4v) is 3.37. The third kappa shape index (κ3) is 5.30. The first-order valence-corrected chi connectivity index (χ1v) is 9.48. The van der Waals surface area contributed by atoms with Gasteiger partial charge in [0.15, 0.2) is 0 Å². The predicted octanol–water partition coefficient (Wildman–Crippen LogP) is 1.66. The Balaban J connectivity index is 2.00. The summed E-state index contributed by atoms with van der Waals surface area (Å²) in [5.74, 6) is -1.75. The average Bonchev–Trinajstić information content (AvgIpc) is 2.66. The summed E-state index contributed by atoms with van der Waals surface area (Å²) in [6, 6.07) is 6.16. The normalized spacial score (nSPS) is 11.1. The third-order valence-corrected chi connectivity index (χ3v) is 5.28. The van der Waals surface area contributed by atoms with E-state index in [1.165, 1.54) is 19.1 Å². The fraction of sp³-hybridized carbons (Fsp3) is 0.188. The van der Waals surface area contributed by atoms with Gasteiger partial charge in [0.1, 0.15) is 5.82 Å². The number of amides is 1. The minimum absolute atomic E-state index is 0.212. The van der Waals surface area contributed by atoms with E-state index in [4.69, 9.17) is 0 Å². The molecule has 11 nitrogen and oxygen atoms in total. The van der Waals surface area contributed by atoms with E-state index in [0.29, 0.717) is 0 Å². The summed E-state index contributed by atoms with van der Waals surface area (Å²) in [4.78, 5) is 31.8. The van der Waals surface area contributed by atoms with Crippen LogP contribution in [0.5, 0.6) is 0 Å². The number of hydrogen-bond acceptors (Lipinski definition) is 7. The molecule has 1 amide bonds. The van der Waals surface area contributed by atoms with Crippen molar-refractivity contribution >= 4 is 27.3 Å². The van der Waals surface area contributed by atoms with Crippen molar-refractivity contribution in [1.29, 1.82) is 0 Å². The number of nitrogens with one attached hydrogen (secondary N) is 2. The molecule has 0 aliphatic rings. The molecule has 0 saturated heterocycles. The molecule has 13 heteroatoms. The molecule has 2 N–H and O–H groups in total. The van der Waals surface area contributed by atoms with Crippen molar-refractivity contribution in [2.24, 2.45) is 0 Å². The lowest BCUT2D eigenvalue weighted by Gasteiger charge is -2.09. The summed E-state index contributed by atoms with van der Waals surface area (Å²) >= 11 is 0. The molecular weight excluding hydrogens is 411 g/mol. The second kappa shape index (κ2) is 8.70.